The van der Waals surface area contributed by atoms with Gasteiger partial charge in [-0.15, -0.1) is 0 Å². The van der Waals surface area contributed by atoms with E-state index in [0.29, 0.717) is 5.69 Å². The van der Waals surface area contributed by atoms with Crippen LogP contribution in [0, 0.1) is 0 Å². The Hall–Kier alpha value is -1.08. The minimum atomic E-state index is 0.669. The summed E-state index contributed by atoms with van der Waals surface area (Å²) in [6.45, 7) is 0. The lowest BCUT2D eigenvalue weighted by Gasteiger charge is -1.90. The molecule has 68 valence electrons. The molecule has 0 fully saturated rings. The predicted molar refractivity (Wildman–Crippen MR) is 51.7 cm³/mol. The largest absolute Gasteiger partial charge is 0.395 e. The van der Waals surface area contributed by atoms with Gasteiger partial charge in [0.05, 0.1) is 5.69 Å². The smallest absolute Gasteiger partial charge is 0.176 e. The lowest BCUT2D eigenvalue weighted by molar-refractivity contribution is 0.738. The van der Waals surface area contributed by atoms with Crippen molar-refractivity contribution >= 4 is 29.0 Å². The number of hydrogen-bond donors (Lipinski definition) is 1. The number of aromatic nitrogens is 4. The van der Waals surface area contributed by atoms with E-state index < -0.39 is 0 Å². The molecule has 5 nitrogen and oxygen atoms in total. The first kappa shape index (κ1) is 8.52. The molecule has 0 aliphatic heterocycles. The second kappa shape index (κ2) is 3.35. The van der Waals surface area contributed by atoms with Crippen molar-refractivity contribution in [2.24, 2.45) is 7.05 Å². The number of rotatable bonds is 2. The van der Waals surface area contributed by atoms with E-state index in [1.807, 2.05) is 7.05 Å². The molecule has 2 rings (SSSR count). The Labute approximate surface area is 83.1 Å². The second-order valence-corrected chi connectivity index (χ2v) is 4.39. The molecule has 0 atom stereocenters. The average Bonchev–Trinajstić information content (AvgIpc) is 2.63. The predicted octanol–water partition coefficient (Wildman–Crippen LogP) is 1.00. The molecule has 0 aromatic carbocycles. The molecule has 2 aromatic rings. The number of nitrogen functional groups attached to an aromatic ring is 1. The van der Waals surface area contributed by atoms with Gasteiger partial charge < -0.3 is 5.73 Å². The van der Waals surface area contributed by atoms with Gasteiger partial charge in [0.2, 0.25) is 0 Å². The minimum Gasteiger partial charge on any atom is -0.395 e. The first-order valence-corrected chi connectivity index (χ1v) is 5.08. The fraction of sp³-hybridized carbons (Fsp3) is 0.167. The Morgan fingerprint density at radius 3 is 3.00 bits per heavy atom. The van der Waals surface area contributed by atoms with Crippen molar-refractivity contribution in [3.8, 4) is 0 Å². The molecule has 0 spiro atoms. The summed E-state index contributed by atoms with van der Waals surface area (Å²) in [6, 6.07) is 0. The Bertz CT molecular complexity index is 393. The van der Waals surface area contributed by atoms with Crippen LogP contribution in [0.5, 0.6) is 0 Å². The van der Waals surface area contributed by atoms with E-state index in [-0.39, 0.29) is 0 Å². The molecule has 2 N–H and O–H groups in total. The number of hydrogen-bond acceptors (Lipinski definition) is 6. The molecule has 2 heterocycles. The second-order valence-electron chi connectivity index (χ2n) is 2.37. The lowest BCUT2D eigenvalue weighted by atomic mass is 10.6. The van der Waals surface area contributed by atoms with Crippen molar-refractivity contribution < 1.29 is 0 Å². The maximum absolute atomic E-state index is 5.71. The molecule has 0 radical (unpaired) electrons. The van der Waals surface area contributed by atoms with Crippen LogP contribution in [0.3, 0.4) is 0 Å². The molecule has 7 heteroatoms. The summed E-state index contributed by atoms with van der Waals surface area (Å²) in [5.74, 6) is 0. The standard InChI is InChI=1S/C6H7N5S2/c1-11-2-4(7)5(10-11)12-6-8-3-9-13-6/h2-3H,7H2,1H3. The van der Waals surface area contributed by atoms with Gasteiger partial charge >= 0.3 is 0 Å². The quantitative estimate of drug-likeness (QED) is 0.806. The molecule has 0 saturated carbocycles. The molecule has 2 aromatic heterocycles. The summed E-state index contributed by atoms with van der Waals surface area (Å²) in [7, 11) is 1.83. The van der Waals surface area contributed by atoms with E-state index in [0.717, 1.165) is 9.37 Å². The third-order valence-corrected chi connectivity index (χ3v) is 3.07. The summed E-state index contributed by atoms with van der Waals surface area (Å²) in [5.41, 5.74) is 6.38. The molecule has 13 heavy (non-hydrogen) atoms. The third kappa shape index (κ3) is 1.81. The van der Waals surface area contributed by atoms with E-state index in [1.165, 1.54) is 29.6 Å². The SMILES string of the molecule is Cn1cc(N)c(Sc2ncns2)n1. The first-order valence-electron chi connectivity index (χ1n) is 3.49. The zero-order valence-electron chi connectivity index (χ0n) is 6.84. The van der Waals surface area contributed by atoms with Crippen LogP contribution in [0.25, 0.3) is 0 Å². The van der Waals surface area contributed by atoms with Crippen LogP contribution in [0.15, 0.2) is 21.9 Å². The highest BCUT2D eigenvalue weighted by molar-refractivity contribution is 8.01. The van der Waals surface area contributed by atoms with Crippen molar-refractivity contribution in [1.29, 1.82) is 0 Å². The van der Waals surface area contributed by atoms with Gasteiger partial charge in [0, 0.05) is 13.2 Å². The number of nitrogens with zero attached hydrogens (tertiary/aromatic N) is 4. The zero-order chi connectivity index (χ0) is 9.26. The van der Waals surface area contributed by atoms with Crippen molar-refractivity contribution in [3.63, 3.8) is 0 Å². The Morgan fingerprint density at radius 2 is 2.46 bits per heavy atom. The summed E-state index contributed by atoms with van der Waals surface area (Å²) in [5, 5.41) is 4.96. The molecular weight excluding hydrogens is 206 g/mol. The van der Waals surface area contributed by atoms with E-state index >= 15 is 0 Å². The summed E-state index contributed by atoms with van der Waals surface area (Å²) >= 11 is 2.76. The van der Waals surface area contributed by atoms with Gasteiger partial charge in [-0.05, 0) is 23.3 Å². The van der Waals surface area contributed by atoms with E-state index in [1.54, 1.807) is 10.9 Å². The van der Waals surface area contributed by atoms with Crippen molar-refractivity contribution in [2.75, 3.05) is 5.73 Å². The molecule has 0 amide bonds. The summed E-state index contributed by atoms with van der Waals surface area (Å²) in [6.07, 6.45) is 3.29. The van der Waals surface area contributed by atoms with Gasteiger partial charge in [-0.3, -0.25) is 4.68 Å². The van der Waals surface area contributed by atoms with Crippen molar-refractivity contribution in [2.45, 2.75) is 9.37 Å². The number of anilines is 1. The summed E-state index contributed by atoms with van der Waals surface area (Å²) < 4.78 is 6.42. The van der Waals surface area contributed by atoms with Crippen LogP contribution in [0.2, 0.25) is 0 Å². The molecule has 0 aliphatic carbocycles. The fourth-order valence-corrected chi connectivity index (χ4v) is 2.26. The van der Waals surface area contributed by atoms with Crippen LogP contribution in [-0.4, -0.2) is 19.1 Å². The Balaban J connectivity index is 2.23. The fourth-order valence-electron chi connectivity index (χ4n) is 0.856. The van der Waals surface area contributed by atoms with Crippen LogP contribution >= 0.6 is 23.3 Å². The van der Waals surface area contributed by atoms with Crippen molar-refractivity contribution in [1.82, 2.24) is 19.1 Å². The van der Waals surface area contributed by atoms with Crippen LogP contribution < -0.4 is 5.73 Å². The van der Waals surface area contributed by atoms with Gasteiger partial charge in [0.25, 0.3) is 0 Å². The molecular formula is C6H7N5S2. The molecule has 0 bridgehead atoms. The first-order chi connectivity index (χ1) is 6.25. The highest BCUT2D eigenvalue weighted by Crippen LogP contribution is 2.30. The average molecular weight is 213 g/mol. The van der Waals surface area contributed by atoms with Gasteiger partial charge in [-0.2, -0.15) is 9.47 Å². The number of nitrogens with two attached hydrogens (primary N) is 1. The highest BCUT2D eigenvalue weighted by atomic mass is 32.2. The highest BCUT2D eigenvalue weighted by Gasteiger charge is 2.07. The van der Waals surface area contributed by atoms with Gasteiger partial charge in [0.15, 0.2) is 4.34 Å². The molecule has 0 aliphatic rings. The third-order valence-electron chi connectivity index (χ3n) is 1.35. The topological polar surface area (TPSA) is 69.6 Å². The number of aryl methyl sites for hydroxylation is 1. The van der Waals surface area contributed by atoms with E-state index in [9.17, 15) is 0 Å². The van der Waals surface area contributed by atoms with Gasteiger partial charge in [-0.25, -0.2) is 4.98 Å². The summed E-state index contributed by atoms with van der Waals surface area (Å²) in [4.78, 5) is 4.03. The minimum absolute atomic E-state index is 0.669. The monoisotopic (exact) mass is 213 g/mol. The normalized spacial score (nSPS) is 10.5. The maximum Gasteiger partial charge on any atom is 0.176 e. The lowest BCUT2D eigenvalue weighted by Crippen LogP contribution is -1.86. The molecule has 0 unspecified atom stereocenters. The molecule has 0 saturated heterocycles. The maximum atomic E-state index is 5.71. The van der Waals surface area contributed by atoms with Crippen LogP contribution in [0.4, 0.5) is 5.69 Å². The van der Waals surface area contributed by atoms with Crippen LogP contribution in [0.1, 0.15) is 0 Å². The van der Waals surface area contributed by atoms with Crippen LogP contribution in [-0.2, 0) is 7.05 Å². The van der Waals surface area contributed by atoms with E-state index in [4.69, 9.17) is 5.73 Å². The van der Waals surface area contributed by atoms with E-state index in [2.05, 4.69) is 14.5 Å². The zero-order valence-corrected chi connectivity index (χ0v) is 8.47. The van der Waals surface area contributed by atoms with Crippen molar-refractivity contribution in [3.05, 3.63) is 12.5 Å². The van der Waals surface area contributed by atoms with Gasteiger partial charge in [0.1, 0.15) is 11.4 Å². The Kier molecular flexibility index (Phi) is 2.19. The van der Waals surface area contributed by atoms with Gasteiger partial charge in [-0.1, -0.05) is 0 Å². The Morgan fingerprint density at radius 1 is 1.62 bits per heavy atom.